The molecule has 0 spiro atoms. The molecule has 2 aromatic carbocycles. The Morgan fingerprint density at radius 1 is 1.22 bits per heavy atom. The van der Waals surface area contributed by atoms with E-state index in [2.05, 4.69) is 15.3 Å². The topological polar surface area (TPSA) is 57.0 Å². The summed E-state index contributed by atoms with van der Waals surface area (Å²) in [6.45, 7) is 2.05. The molecule has 0 saturated carbocycles. The molecule has 4 nitrogen and oxygen atoms in total. The van der Waals surface area contributed by atoms with Crippen LogP contribution in [0.1, 0.15) is 29.7 Å². The standard InChI is InChI=1S/C18H18FN3O/c1-11(23)12-7-8-16-14(9-12)18(21-10-17(20-2)22-16)13-5-3-4-6-15(13)19/h3-9,11,23H,10H2,1-2H3,(H,20,22). The average Bonchev–Trinajstić information content (AvgIpc) is 2.73. The molecular formula is C18H18FN3O. The zero-order chi connectivity index (χ0) is 16.4. The van der Waals surface area contributed by atoms with Crippen LogP contribution in [0.4, 0.5) is 10.1 Å². The van der Waals surface area contributed by atoms with Crippen LogP contribution >= 0.6 is 0 Å². The summed E-state index contributed by atoms with van der Waals surface area (Å²) >= 11 is 0. The lowest BCUT2D eigenvalue weighted by Crippen LogP contribution is -2.14. The fraction of sp³-hybridized carbons (Fsp3) is 0.222. The molecule has 3 rings (SSSR count). The Labute approximate surface area is 134 Å². The summed E-state index contributed by atoms with van der Waals surface area (Å²) in [5, 5.41) is 13.1. The number of aliphatic imine (C=N–C) groups is 2. The Bertz CT molecular complexity index is 797. The van der Waals surface area contributed by atoms with Crippen molar-refractivity contribution in [3.05, 3.63) is 65.0 Å². The first-order valence-electron chi connectivity index (χ1n) is 7.44. The highest BCUT2D eigenvalue weighted by Crippen LogP contribution is 2.27. The van der Waals surface area contributed by atoms with Gasteiger partial charge in [-0.1, -0.05) is 18.2 Å². The summed E-state index contributed by atoms with van der Waals surface area (Å²) in [7, 11) is 1.69. The minimum absolute atomic E-state index is 0.323. The van der Waals surface area contributed by atoms with Crippen LogP contribution in [0.2, 0.25) is 0 Å². The normalized spacial score (nSPS) is 17.0. The summed E-state index contributed by atoms with van der Waals surface area (Å²) in [4.78, 5) is 8.72. The third kappa shape index (κ3) is 3.00. The number of halogens is 1. The van der Waals surface area contributed by atoms with Gasteiger partial charge in [0.25, 0.3) is 0 Å². The second-order valence-electron chi connectivity index (χ2n) is 5.42. The number of nitrogens with zero attached hydrogens (tertiary/aromatic N) is 2. The van der Waals surface area contributed by atoms with E-state index in [0.717, 1.165) is 16.8 Å². The van der Waals surface area contributed by atoms with E-state index in [9.17, 15) is 9.50 Å². The van der Waals surface area contributed by atoms with Crippen LogP contribution in [0.5, 0.6) is 0 Å². The number of rotatable bonds is 2. The SMILES string of the molecule is CN=C1CN=C(c2ccccc2F)c2cc(C(C)O)ccc2N1. The van der Waals surface area contributed by atoms with Crippen molar-refractivity contribution in [1.82, 2.24) is 0 Å². The van der Waals surface area contributed by atoms with Gasteiger partial charge in [0.05, 0.1) is 18.4 Å². The van der Waals surface area contributed by atoms with Gasteiger partial charge in [0.1, 0.15) is 11.7 Å². The monoisotopic (exact) mass is 311 g/mol. The summed E-state index contributed by atoms with van der Waals surface area (Å²) in [5.41, 5.74) is 3.32. The van der Waals surface area contributed by atoms with E-state index >= 15 is 0 Å². The van der Waals surface area contributed by atoms with Crippen molar-refractivity contribution in [3.8, 4) is 0 Å². The van der Waals surface area contributed by atoms with Gasteiger partial charge in [-0.3, -0.25) is 9.98 Å². The highest BCUT2D eigenvalue weighted by Gasteiger charge is 2.20. The predicted octanol–water partition coefficient (Wildman–Crippen LogP) is 3.17. The first kappa shape index (κ1) is 15.4. The molecule has 0 saturated heterocycles. The molecular weight excluding hydrogens is 293 g/mol. The second-order valence-corrected chi connectivity index (χ2v) is 5.42. The van der Waals surface area contributed by atoms with Crippen molar-refractivity contribution in [2.24, 2.45) is 9.98 Å². The number of benzodiazepines with no additional fused rings is 1. The maximum absolute atomic E-state index is 14.3. The van der Waals surface area contributed by atoms with Gasteiger partial charge in [0.2, 0.25) is 0 Å². The van der Waals surface area contributed by atoms with Crippen LogP contribution in [0, 0.1) is 5.82 Å². The lowest BCUT2D eigenvalue weighted by Gasteiger charge is -2.14. The molecule has 5 heteroatoms. The van der Waals surface area contributed by atoms with Crippen molar-refractivity contribution < 1.29 is 9.50 Å². The highest BCUT2D eigenvalue weighted by atomic mass is 19.1. The molecule has 2 N–H and O–H groups in total. The smallest absolute Gasteiger partial charge is 0.132 e. The Morgan fingerprint density at radius 3 is 2.70 bits per heavy atom. The summed E-state index contributed by atoms with van der Waals surface area (Å²) in [6.07, 6.45) is -0.607. The highest BCUT2D eigenvalue weighted by molar-refractivity contribution is 6.19. The molecule has 1 heterocycles. The van der Waals surface area contributed by atoms with Gasteiger partial charge in [-0.05, 0) is 36.8 Å². The van der Waals surface area contributed by atoms with Gasteiger partial charge in [0, 0.05) is 23.9 Å². The molecule has 0 radical (unpaired) electrons. The van der Waals surface area contributed by atoms with Gasteiger partial charge in [-0.2, -0.15) is 0 Å². The van der Waals surface area contributed by atoms with Crippen molar-refractivity contribution in [2.45, 2.75) is 13.0 Å². The molecule has 0 aliphatic carbocycles. The van der Waals surface area contributed by atoms with Crippen LogP contribution < -0.4 is 5.32 Å². The molecule has 1 aliphatic rings. The quantitative estimate of drug-likeness (QED) is 0.895. The van der Waals surface area contributed by atoms with Crippen LogP contribution in [-0.4, -0.2) is 30.2 Å². The Morgan fingerprint density at radius 2 is 2.00 bits per heavy atom. The van der Waals surface area contributed by atoms with Crippen LogP contribution in [0.3, 0.4) is 0 Å². The Balaban J connectivity index is 2.22. The number of anilines is 1. The molecule has 0 aromatic heterocycles. The minimum Gasteiger partial charge on any atom is -0.389 e. The number of aliphatic hydroxyl groups is 1. The van der Waals surface area contributed by atoms with E-state index in [1.165, 1.54) is 6.07 Å². The van der Waals surface area contributed by atoms with Crippen LogP contribution in [-0.2, 0) is 0 Å². The first-order valence-corrected chi connectivity index (χ1v) is 7.44. The van der Waals surface area contributed by atoms with Gasteiger partial charge < -0.3 is 10.4 Å². The number of aliphatic hydroxyl groups excluding tert-OH is 1. The minimum atomic E-state index is -0.607. The van der Waals surface area contributed by atoms with Crippen LogP contribution in [0.25, 0.3) is 0 Å². The summed E-state index contributed by atoms with van der Waals surface area (Å²) in [5.74, 6) is 0.388. The van der Waals surface area contributed by atoms with Crippen molar-refractivity contribution >= 4 is 17.2 Å². The number of benzene rings is 2. The third-order valence-electron chi connectivity index (χ3n) is 3.85. The van der Waals surface area contributed by atoms with Gasteiger partial charge in [-0.15, -0.1) is 0 Å². The van der Waals surface area contributed by atoms with Crippen LogP contribution in [0.15, 0.2) is 52.4 Å². The second kappa shape index (κ2) is 6.30. The van der Waals surface area contributed by atoms with E-state index in [0.29, 0.717) is 23.7 Å². The van der Waals surface area contributed by atoms with E-state index in [-0.39, 0.29) is 5.82 Å². The molecule has 1 unspecified atom stereocenters. The molecule has 118 valence electrons. The zero-order valence-electron chi connectivity index (χ0n) is 13.0. The van der Waals surface area contributed by atoms with Gasteiger partial charge in [-0.25, -0.2) is 4.39 Å². The van der Waals surface area contributed by atoms with E-state index in [4.69, 9.17) is 0 Å². The lowest BCUT2D eigenvalue weighted by atomic mass is 9.97. The maximum Gasteiger partial charge on any atom is 0.132 e. The van der Waals surface area contributed by atoms with E-state index in [1.54, 1.807) is 32.2 Å². The summed E-state index contributed by atoms with van der Waals surface area (Å²) < 4.78 is 14.3. The maximum atomic E-state index is 14.3. The number of hydrogen-bond acceptors (Lipinski definition) is 3. The van der Waals surface area contributed by atoms with Gasteiger partial charge in [0.15, 0.2) is 0 Å². The largest absolute Gasteiger partial charge is 0.389 e. The zero-order valence-corrected chi connectivity index (χ0v) is 13.0. The summed E-state index contributed by atoms with van der Waals surface area (Å²) in [6, 6.07) is 12.1. The fourth-order valence-corrected chi connectivity index (χ4v) is 2.57. The number of amidine groups is 1. The lowest BCUT2D eigenvalue weighted by molar-refractivity contribution is 0.199. The average molecular weight is 311 g/mol. The Hall–Kier alpha value is -2.53. The van der Waals surface area contributed by atoms with Crippen molar-refractivity contribution in [3.63, 3.8) is 0 Å². The molecule has 0 fully saturated rings. The Kier molecular flexibility index (Phi) is 4.21. The first-order chi connectivity index (χ1) is 11.1. The number of hydrogen-bond donors (Lipinski definition) is 2. The van der Waals surface area contributed by atoms with E-state index < -0.39 is 6.10 Å². The predicted molar refractivity (Wildman–Crippen MR) is 91.0 cm³/mol. The molecule has 1 atom stereocenters. The third-order valence-corrected chi connectivity index (χ3v) is 3.85. The molecule has 0 bridgehead atoms. The number of nitrogens with one attached hydrogen (secondary N) is 1. The molecule has 0 amide bonds. The number of fused-ring (bicyclic) bond motifs is 1. The van der Waals surface area contributed by atoms with E-state index in [1.807, 2.05) is 18.2 Å². The van der Waals surface area contributed by atoms with Gasteiger partial charge >= 0.3 is 0 Å². The fourth-order valence-electron chi connectivity index (χ4n) is 2.57. The van der Waals surface area contributed by atoms with Crippen molar-refractivity contribution in [2.75, 3.05) is 18.9 Å². The molecule has 1 aliphatic heterocycles. The molecule has 23 heavy (non-hydrogen) atoms. The molecule has 2 aromatic rings. The van der Waals surface area contributed by atoms with Crippen molar-refractivity contribution in [1.29, 1.82) is 0 Å².